The zero-order valence-corrected chi connectivity index (χ0v) is 8.82. The van der Waals surface area contributed by atoms with Crippen LogP contribution in [0.4, 0.5) is 0 Å². The summed E-state index contributed by atoms with van der Waals surface area (Å²) in [4.78, 5) is 0. The maximum Gasteiger partial charge on any atom is 0.118 e. The molecule has 0 saturated heterocycles. The van der Waals surface area contributed by atoms with E-state index in [0.717, 1.165) is 23.6 Å². The zero-order valence-electron chi connectivity index (χ0n) is 8.82. The number of rotatable bonds is 3. The van der Waals surface area contributed by atoms with E-state index >= 15 is 0 Å². The number of aryl methyl sites for hydroxylation is 1. The summed E-state index contributed by atoms with van der Waals surface area (Å²) in [7, 11) is 1.66. The van der Waals surface area contributed by atoms with Crippen LogP contribution in [0.25, 0.3) is 0 Å². The van der Waals surface area contributed by atoms with Crippen molar-refractivity contribution in [1.29, 1.82) is 0 Å². The van der Waals surface area contributed by atoms with Crippen molar-refractivity contribution < 1.29 is 4.74 Å². The monoisotopic (exact) mass is 203 g/mol. The van der Waals surface area contributed by atoms with Gasteiger partial charge in [-0.3, -0.25) is 0 Å². The van der Waals surface area contributed by atoms with Crippen LogP contribution in [-0.4, -0.2) is 22.5 Å². The third-order valence-corrected chi connectivity index (χ3v) is 2.35. The highest BCUT2D eigenvalue weighted by Gasteiger charge is 2.03. The molecule has 2 rings (SSSR count). The summed E-state index contributed by atoms with van der Waals surface area (Å²) in [6.45, 7) is 1.95. The number of hydrogen-bond acceptors (Lipinski definition) is 3. The Balaban J connectivity index is 2.14. The molecular formula is C11H13N3O. The number of nitrogens with zero attached hydrogens (tertiary/aromatic N) is 2. The van der Waals surface area contributed by atoms with Crippen molar-refractivity contribution in [3.63, 3.8) is 0 Å². The van der Waals surface area contributed by atoms with Crippen LogP contribution in [0.5, 0.6) is 5.75 Å². The average molecular weight is 203 g/mol. The SMILES string of the molecule is COc1ccc(Cc2n[nH]nc2C)cc1. The molecule has 78 valence electrons. The Bertz CT molecular complexity index is 433. The zero-order chi connectivity index (χ0) is 10.7. The van der Waals surface area contributed by atoms with Crippen molar-refractivity contribution in [2.75, 3.05) is 7.11 Å². The first kappa shape index (κ1) is 9.71. The number of nitrogens with one attached hydrogen (secondary N) is 1. The number of hydrogen-bond donors (Lipinski definition) is 1. The van der Waals surface area contributed by atoms with Gasteiger partial charge in [-0.15, -0.1) is 0 Å². The minimum Gasteiger partial charge on any atom is -0.497 e. The Morgan fingerprint density at radius 1 is 1.20 bits per heavy atom. The van der Waals surface area contributed by atoms with Crippen LogP contribution in [0.1, 0.15) is 17.0 Å². The molecule has 1 aromatic heterocycles. The molecule has 1 heterocycles. The summed E-state index contributed by atoms with van der Waals surface area (Å²) >= 11 is 0. The lowest BCUT2D eigenvalue weighted by Gasteiger charge is -2.01. The maximum atomic E-state index is 5.09. The molecule has 0 aliphatic rings. The van der Waals surface area contributed by atoms with Gasteiger partial charge in [0.1, 0.15) is 5.75 Å². The molecule has 0 spiro atoms. The first-order valence-corrected chi connectivity index (χ1v) is 4.79. The van der Waals surface area contributed by atoms with Crippen LogP contribution in [0.3, 0.4) is 0 Å². The van der Waals surface area contributed by atoms with Crippen LogP contribution < -0.4 is 4.74 Å². The standard InChI is InChI=1S/C11H13N3O/c1-8-11(13-14-12-8)7-9-3-5-10(15-2)6-4-9/h3-6H,7H2,1-2H3,(H,12,13,14). The molecular weight excluding hydrogens is 190 g/mol. The third kappa shape index (κ3) is 2.15. The van der Waals surface area contributed by atoms with E-state index in [1.54, 1.807) is 7.11 Å². The molecule has 1 N–H and O–H groups in total. The quantitative estimate of drug-likeness (QED) is 0.826. The fourth-order valence-electron chi connectivity index (χ4n) is 1.41. The second kappa shape index (κ2) is 4.13. The predicted octanol–water partition coefficient (Wildman–Crippen LogP) is 1.71. The topological polar surface area (TPSA) is 50.8 Å². The van der Waals surface area contributed by atoms with Crippen LogP contribution in [0.2, 0.25) is 0 Å². The van der Waals surface area contributed by atoms with Crippen LogP contribution in [0.15, 0.2) is 24.3 Å². The average Bonchev–Trinajstić information content (AvgIpc) is 2.66. The van der Waals surface area contributed by atoms with Crippen molar-refractivity contribution >= 4 is 0 Å². The van der Waals surface area contributed by atoms with Gasteiger partial charge in [0, 0.05) is 6.42 Å². The van der Waals surface area contributed by atoms with Crippen molar-refractivity contribution in [3.05, 3.63) is 41.2 Å². The maximum absolute atomic E-state index is 5.09. The molecule has 0 aliphatic carbocycles. The Kier molecular flexibility index (Phi) is 2.67. The van der Waals surface area contributed by atoms with E-state index in [4.69, 9.17) is 4.74 Å². The second-order valence-corrected chi connectivity index (χ2v) is 3.38. The highest BCUT2D eigenvalue weighted by molar-refractivity contribution is 5.30. The van der Waals surface area contributed by atoms with Gasteiger partial charge in [-0.2, -0.15) is 15.4 Å². The van der Waals surface area contributed by atoms with E-state index in [1.807, 2.05) is 31.2 Å². The number of methoxy groups -OCH3 is 1. The van der Waals surface area contributed by atoms with Crippen molar-refractivity contribution in [2.24, 2.45) is 0 Å². The van der Waals surface area contributed by atoms with Gasteiger partial charge < -0.3 is 4.74 Å². The summed E-state index contributed by atoms with van der Waals surface area (Å²) < 4.78 is 5.09. The molecule has 4 heteroatoms. The summed E-state index contributed by atoms with van der Waals surface area (Å²) in [6.07, 6.45) is 0.798. The lowest BCUT2D eigenvalue weighted by atomic mass is 10.1. The molecule has 1 aromatic carbocycles. The van der Waals surface area contributed by atoms with Crippen LogP contribution in [0, 0.1) is 6.92 Å². The number of aromatic amines is 1. The second-order valence-electron chi connectivity index (χ2n) is 3.38. The molecule has 0 fully saturated rings. The smallest absolute Gasteiger partial charge is 0.118 e. The van der Waals surface area contributed by atoms with Crippen LogP contribution >= 0.6 is 0 Å². The number of ether oxygens (including phenoxy) is 1. The van der Waals surface area contributed by atoms with Gasteiger partial charge in [0.15, 0.2) is 0 Å². The number of H-pyrrole nitrogens is 1. The molecule has 0 amide bonds. The fourth-order valence-corrected chi connectivity index (χ4v) is 1.41. The van der Waals surface area contributed by atoms with E-state index in [9.17, 15) is 0 Å². The molecule has 0 unspecified atom stereocenters. The summed E-state index contributed by atoms with van der Waals surface area (Å²) in [6, 6.07) is 7.97. The highest BCUT2D eigenvalue weighted by atomic mass is 16.5. The normalized spacial score (nSPS) is 10.3. The minimum absolute atomic E-state index is 0.798. The van der Waals surface area contributed by atoms with Crippen LogP contribution in [-0.2, 0) is 6.42 Å². The molecule has 0 bridgehead atoms. The van der Waals surface area contributed by atoms with Crippen molar-refractivity contribution in [2.45, 2.75) is 13.3 Å². The van der Waals surface area contributed by atoms with Gasteiger partial charge in [-0.05, 0) is 24.6 Å². The number of benzene rings is 1. The first-order valence-electron chi connectivity index (χ1n) is 4.79. The Hall–Kier alpha value is -1.84. The van der Waals surface area contributed by atoms with Gasteiger partial charge >= 0.3 is 0 Å². The van der Waals surface area contributed by atoms with E-state index in [2.05, 4.69) is 15.4 Å². The molecule has 0 atom stereocenters. The van der Waals surface area contributed by atoms with E-state index < -0.39 is 0 Å². The van der Waals surface area contributed by atoms with E-state index in [1.165, 1.54) is 5.56 Å². The largest absolute Gasteiger partial charge is 0.497 e. The fraction of sp³-hybridized carbons (Fsp3) is 0.273. The van der Waals surface area contributed by atoms with Crippen molar-refractivity contribution in [3.8, 4) is 5.75 Å². The molecule has 0 saturated carbocycles. The Morgan fingerprint density at radius 3 is 2.47 bits per heavy atom. The first-order chi connectivity index (χ1) is 7.29. The summed E-state index contributed by atoms with van der Waals surface area (Å²) in [5.74, 6) is 0.871. The number of aromatic nitrogens is 3. The van der Waals surface area contributed by atoms with Crippen molar-refractivity contribution in [1.82, 2.24) is 15.4 Å². The van der Waals surface area contributed by atoms with Gasteiger partial charge in [0.2, 0.25) is 0 Å². The minimum atomic E-state index is 0.798. The molecule has 4 nitrogen and oxygen atoms in total. The lowest BCUT2D eigenvalue weighted by molar-refractivity contribution is 0.414. The van der Waals surface area contributed by atoms with Gasteiger partial charge in [-0.1, -0.05) is 12.1 Å². The van der Waals surface area contributed by atoms with E-state index in [-0.39, 0.29) is 0 Å². The lowest BCUT2D eigenvalue weighted by Crippen LogP contribution is -1.91. The van der Waals surface area contributed by atoms with Gasteiger partial charge in [0.25, 0.3) is 0 Å². The summed E-state index contributed by atoms with van der Waals surface area (Å²) in [5, 5.41) is 10.7. The highest BCUT2D eigenvalue weighted by Crippen LogP contribution is 2.14. The summed E-state index contributed by atoms with van der Waals surface area (Å²) in [5.41, 5.74) is 3.14. The van der Waals surface area contributed by atoms with E-state index in [0.29, 0.717) is 0 Å². The molecule has 0 radical (unpaired) electrons. The predicted molar refractivity (Wildman–Crippen MR) is 56.9 cm³/mol. The third-order valence-electron chi connectivity index (χ3n) is 2.35. The Morgan fingerprint density at radius 2 is 1.93 bits per heavy atom. The Labute approximate surface area is 88.3 Å². The molecule has 0 aliphatic heterocycles. The van der Waals surface area contributed by atoms with Gasteiger partial charge in [0.05, 0.1) is 18.5 Å². The molecule has 2 aromatic rings. The molecule has 15 heavy (non-hydrogen) atoms. The van der Waals surface area contributed by atoms with Gasteiger partial charge in [-0.25, -0.2) is 0 Å².